The van der Waals surface area contributed by atoms with E-state index in [0.717, 1.165) is 19.3 Å². The highest BCUT2D eigenvalue weighted by atomic mass is 32.1. The average molecular weight is 819 g/mol. The monoisotopic (exact) mass is 818 g/mol. The van der Waals surface area contributed by atoms with Crippen LogP contribution in [0.15, 0.2) is 42.3 Å². The van der Waals surface area contributed by atoms with Crippen LogP contribution in [-0.2, 0) is 23.9 Å². The number of alkyl carbamates (subject to hydrolysis) is 1. The van der Waals surface area contributed by atoms with E-state index in [2.05, 4.69) is 22.5 Å². The van der Waals surface area contributed by atoms with Crippen molar-refractivity contribution in [3.8, 4) is 22.9 Å². The Bertz CT molecular complexity index is 2120. The summed E-state index contributed by atoms with van der Waals surface area (Å²) in [5.41, 5.74) is -0.932. The number of thiazole rings is 1. The zero-order valence-corrected chi connectivity index (χ0v) is 34.0. The fourth-order valence-corrected chi connectivity index (χ4v) is 8.94. The first kappa shape index (κ1) is 40.7. The lowest BCUT2D eigenvalue weighted by Gasteiger charge is -2.35. The van der Waals surface area contributed by atoms with Gasteiger partial charge < -0.3 is 45.3 Å². The van der Waals surface area contributed by atoms with Crippen LogP contribution in [0, 0.1) is 23.2 Å². The van der Waals surface area contributed by atoms with Gasteiger partial charge in [0, 0.05) is 41.3 Å². The Morgan fingerprint density at radius 3 is 2.41 bits per heavy atom. The molecule has 17 heteroatoms. The lowest BCUT2D eigenvalue weighted by molar-refractivity contribution is -0.146. The number of anilines is 1. The van der Waals surface area contributed by atoms with Gasteiger partial charge in [-0.1, -0.05) is 26.8 Å². The van der Waals surface area contributed by atoms with Crippen LogP contribution >= 0.6 is 11.3 Å². The van der Waals surface area contributed by atoms with E-state index in [1.807, 2.05) is 19.2 Å². The van der Waals surface area contributed by atoms with E-state index < -0.39 is 71.5 Å². The van der Waals surface area contributed by atoms with E-state index in [1.165, 1.54) is 22.3 Å². The van der Waals surface area contributed by atoms with Crippen LogP contribution in [0.1, 0.15) is 66.7 Å². The Kier molecular flexibility index (Phi) is 11.0. The minimum atomic E-state index is -1.55. The predicted octanol–water partition coefficient (Wildman–Crippen LogP) is 5.08. The zero-order valence-electron chi connectivity index (χ0n) is 33.2. The first-order chi connectivity index (χ1) is 27.4. The van der Waals surface area contributed by atoms with Gasteiger partial charge in [-0.15, -0.1) is 17.9 Å². The molecular weight excluding hydrogens is 769 g/mol. The molecule has 4 aliphatic rings. The summed E-state index contributed by atoms with van der Waals surface area (Å²) in [5, 5.41) is 31.2. The number of aliphatic carboxylic acids is 2. The third-order valence-electron chi connectivity index (χ3n) is 11.3. The van der Waals surface area contributed by atoms with E-state index >= 15 is 0 Å². The van der Waals surface area contributed by atoms with Gasteiger partial charge in [0.05, 0.1) is 17.8 Å². The summed E-state index contributed by atoms with van der Waals surface area (Å²) in [6.45, 7) is 12.5. The number of pyridine rings is 1. The molecule has 310 valence electrons. The second-order valence-corrected chi connectivity index (χ2v) is 18.1. The Hall–Kier alpha value is -5.45. The molecule has 0 spiro atoms. The van der Waals surface area contributed by atoms with Gasteiger partial charge in [-0.2, -0.15) is 0 Å². The van der Waals surface area contributed by atoms with Crippen molar-refractivity contribution in [3.05, 3.63) is 42.3 Å². The topological polar surface area (TPSA) is 219 Å². The van der Waals surface area contributed by atoms with Crippen molar-refractivity contribution in [3.63, 3.8) is 0 Å². The van der Waals surface area contributed by atoms with Crippen LogP contribution in [0.2, 0.25) is 0 Å². The van der Waals surface area contributed by atoms with Crippen molar-refractivity contribution in [1.82, 2.24) is 25.5 Å². The molecule has 0 bridgehead atoms. The molecule has 1 aromatic carbocycles. The fraction of sp³-hybridized carbons (Fsp3) is 0.537. The van der Waals surface area contributed by atoms with E-state index in [1.54, 1.807) is 45.0 Å². The molecule has 3 unspecified atom stereocenters. The SMILES string of the molecule is C=CC1C[C@]1(NC(=O)[C@@H]1C[C@@H](Oc2cc(-c3csc(NC(C)C)n3)nc3cc(OCC(=O)O)ccc23)CN1C(=O)C(NC(=O)OC1C[C@@H]2C[C@@H]2C1)C(C)(C)C)C(=O)O. The van der Waals surface area contributed by atoms with Crippen molar-refractivity contribution in [2.75, 3.05) is 18.5 Å². The van der Waals surface area contributed by atoms with Gasteiger partial charge in [-0.3, -0.25) is 9.59 Å². The molecule has 3 aliphatic carbocycles. The number of carbonyl (C=O) groups excluding carboxylic acids is 3. The highest BCUT2D eigenvalue weighted by Gasteiger charge is 2.61. The average Bonchev–Trinajstić information content (AvgIpc) is 3.82. The Balaban J connectivity index is 1.19. The Morgan fingerprint density at radius 1 is 1.03 bits per heavy atom. The summed E-state index contributed by atoms with van der Waals surface area (Å²) in [6.07, 6.45) is 2.71. The number of nitrogens with one attached hydrogen (secondary N) is 3. The van der Waals surface area contributed by atoms with Gasteiger partial charge in [0.2, 0.25) is 11.8 Å². The van der Waals surface area contributed by atoms with Crippen molar-refractivity contribution in [2.24, 2.45) is 23.2 Å². The summed E-state index contributed by atoms with van der Waals surface area (Å²) < 4.78 is 17.9. The van der Waals surface area contributed by atoms with Gasteiger partial charge in [-0.25, -0.2) is 24.4 Å². The second-order valence-electron chi connectivity index (χ2n) is 17.2. The maximum Gasteiger partial charge on any atom is 0.408 e. The van der Waals surface area contributed by atoms with Crippen LogP contribution in [0.25, 0.3) is 22.3 Å². The summed E-state index contributed by atoms with van der Waals surface area (Å²) in [7, 11) is 0. The summed E-state index contributed by atoms with van der Waals surface area (Å²) in [5.74, 6) is -2.24. The molecule has 3 amide bonds. The third-order valence-corrected chi connectivity index (χ3v) is 12.1. The molecule has 2 aromatic heterocycles. The molecule has 1 aliphatic heterocycles. The first-order valence-electron chi connectivity index (χ1n) is 19.6. The number of carbonyl (C=O) groups is 5. The van der Waals surface area contributed by atoms with Gasteiger partial charge in [0.25, 0.3) is 0 Å². The molecule has 3 saturated carbocycles. The molecule has 4 fully saturated rings. The molecule has 7 rings (SSSR count). The lowest BCUT2D eigenvalue weighted by atomic mass is 9.85. The molecule has 5 N–H and O–H groups in total. The van der Waals surface area contributed by atoms with Crippen molar-refractivity contribution >= 4 is 57.2 Å². The normalized spacial score (nSPS) is 26.3. The Morgan fingerprint density at radius 2 is 1.78 bits per heavy atom. The molecule has 3 heterocycles. The number of ether oxygens (including phenoxy) is 3. The van der Waals surface area contributed by atoms with E-state index in [0.29, 0.717) is 45.0 Å². The van der Waals surface area contributed by atoms with Crippen molar-refractivity contribution in [1.29, 1.82) is 0 Å². The van der Waals surface area contributed by atoms with Crippen molar-refractivity contribution in [2.45, 2.75) is 103 Å². The summed E-state index contributed by atoms with van der Waals surface area (Å²) >= 11 is 1.40. The zero-order chi connectivity index (χ0) is 41.7. The number of benzene rings is 1. The van der Waals surface area contributed by atoms with Crippen LogP contribution in [-0.4, -0.2) is 104 Å². The number of carboxylic acid groups (broad SMARTS) is 2. The number of likely N-dealkylation sites (tertiary alicyclic amines) is 1. The predicted molar refractivity (Wildman–Crippen MR) is 214 cm³/mol. The van der Waals surface area contributed by atoms with Crippen LogP contribution in [0.5, 0.6) is 11.5 Å². The molecule has 16 nitrogen and oxygen atoms in total. The standard InChI is InChI=1S/C41H50N6O10S/c1-7-23-16-41(23,37(52)53)46-35(50)31-14-26(17-47(31)36(51)34(40(4,5)6)45-39(54)57-25-11-21-10-22(21)12-25)56-32-15-29(30-19-58-38(44-30)42-20(2)3)43-28-13-24(8-9-27(28)32)55-18-33(48)49/h7-9,13,15,19-23,25-26,31,34H,1,10-12,14,16-18H2,2-6H3,(H,42,44)(H,45,54)(H,46,50)(H,48,49)(H,52,53)/t21-,22+,23?,25?,26-,31+,34?,41-/m1/s1. The molecule has 1 saturated heterocycles. The van der Waals surface area contributed by atoms with Gasteiger partial charge >= 0.3 is 18.0 Å². The molecule has 3 aromatic rings. The number of hydrogen-bond acceptors (Lipinski definition) is 12. The third kappa shape index (κ3) is 8.68. The van der Waals surface area contributed by atoms with Crippen LogP contribution in [0.4, 0.5) is 9.93 Å². The number of hydrogen-bond donors (Lipinski definition) is 5. The van der Waals surface area contributed by atoms with E-state index in [-0.39, 0.29) is 37.3 Å². The van der Waals surface area contributed by atoms with Gasteiger partial charge in [0.1, 0.15) is 47.0 Å². The van der Waals surface area contributed by atoms with Crippen LogP contribution < -0.4 is 25.4 Å². The lowest BCUT2D eigenvalue weighted by Crippen LogP contribution is -2.59. The number of nitrogens with zero attached hydrogens (tertiary/aromatic N) is 3. The van der Waals surface area contributed by atoms with Crippen LogP contribution in [0.3, 0.4) is 0 Å². The molecule has 8 atom stereocenters. The van der Waals surface area contributed by atoms with E-state index in [4.69, 9.17) is 24.2 Å². The van der Waals surface area contributed by atoms with Crippen molar-refractivity contribution < 1.29 is 48.4 Å². The largest absolute Gasteiger partial charge is 0.488 e. The first-order valence-corrected chi connectivity index (χ1v) is 20.5. The molecular formula is C41H50N6O10S. The van der Waals surface area contributed by atoms with Gasteiger partial charge in [0.15, 0.2) is 11.7 Å². The molecule has 0 radical (unpaired) electrons. The number of amides is 3. The summed E-state index contributed by atoms with van der Waals surface area (Å²) in [4.78, 5) is 76.6. The Labute approximate surface area is 339 Å². The minimum Gasteiger partial charge on any atom is -0.488 e. The maximum absolute atomic E-state index is 14.7. The quantitative estimate of drug-likeness (QED) is 0.127. The number of fused-ring (bicyclic) bond motifs is 2. The number of aromatic nitrogens is 2. The highest BCUT2D eigenvalue weighted by Crippen LogP contribution is 2.52. The maximum atomic E-state index is 14.7. The fourth-order valence-electron chi connectivity index (χ4n) is 8.09. The van der Waals surface area contributed by atoms with E-state index in [9.17, 15) is 34.2 Å². The summed E-state index contributed by atoms with van der Waals surface area (Å²) in [6, 6.07) is 4.48. The van der Waals surface area contributed by atoms with Gasteiger partial charge in [-0.05, 0) is 68.9 Å². The molecule has 58 heavy (non-hydrogen) atoms. The number of carboxylic acids is 2. The second kappa shape index (κ2) is 15.7. The highest BCUT2D eigenvalue weighted by molar-refractivity contribution is 7.14. The minimum absolute atomic E-state index is 0.00367. The number of rotatable bonds is 15. The smallest absolute Gasteiger partial charge is 0.408 e.